The van der Waals surface area contributed by atoms with E-state index in [4.69, 9.17) is 4.12 Å². The minimum atomic E-state index is -1.88. The van der Waals surface area contributed by atoms with Gasteiger partial charge in [-0.15, -0.1) is 10.4 Å². The van der Waals surface area contributed by atoms with Crippen molar-refractivity contribution in [3.63, 3.8) is 0 Å². The molecule has 0 spiro atoms. The van der Waals surface area contributed by atoms with Crippen molar-refractivity contribution in [2.24, 2.45) is 0 Å². The van der Waals surface area contributed by atoms with Crippen LogP contribution in [0.2, 0.25) is 26.2 Å². The van der Waals surface area contributed by atoms with Crippen molar-refractivity contribution < 1.29 is 55.1 Å². The minimum absolute atomic E-state index is 0. The van der Waals surface area contributed by atoms with E-state index in [1.54, 1.807) is 32.6 Å². The number of aryl methyl sites for hydroxylation is 2. The van der Waals surface area contributed by atoms with Crippen LogP contribution in [0, 0.1) is 0 Å². The van der Waals surface area contributed by atoms with Gasteiger partial charge in [-0.1, -0.05) is 77.6 Å². The summed E-state index contributed by atoms with van der Waals surface area (Å²) in [6.45, 7) is 9.73. The van der Waals surface area contributed by atoms with Crippen LogP contribution in [0.25, 0.3) is 0 Å². The van der Waals surface area contributed by atoms with Gasteiger partial charge in [-0.3, -0.25) is 0 Å². The van der Waals surface area contributed by atoms with Crippen molar-refractivity contribution in [2.45, 2.75) is 77.6 Å². The van der Waals surface area contributed by atoms with Gasteiger partial charge in [-0.25, -0.2) is 12.1 Å². The van der Waals surface area contributed by atoms with Crippen molar-refractivity contribution in [3.8, 4) is 0 Å². The second-order valence-corrected chi connectivity index (χ2v) is 17.0. The van der Waals surface area contributed by atoms with Gasteiger partial charge in [0.2, 0.25) is 0 Å². The fourth-order valence-corrected chi connectivity index (χ4v) is 14.3. The summed E-state index contributed by atoms with van der Waals surface area (Å²) in [5, 5.41) is 3.17. The molecule has 0 atom stereocenters. The van der Waals surface area contributed by atoms with E-state index in [0.29, 0.717) is 0 Å². The molecule has 0 heterocycles. The molecular formula is C22H32Cl2OSi2Zr. The Hall–Kier alpha value is 0.557. The Kier molecular flexibility index (Phi) is 9.73. The Morgan fingerprint density at radius 3 is 1.43 bits per heavy atom. The SMILES string of the molecule is C[Si](C)(O[Si](C)(C)[c-]1ccc2c1CCCC2)[c-]1ccc2c1CCCC2.[Cl-].[Cl-].[Zr+4]. The van der Waals surface area contributed by atoms with Crippen LogP contribution in [0.1, 0.15) is 47.9 Å². The topological polar surface area (TPSA) is 9.23 Å². The molecule has 0 unspecified atom stereocenters. The zero-order chi connectivity index (χ0) is 17.7. The molecule has 4 rings (SSSR count). The third-order valence-electron chi connectivity index (χ3n) is 6.38. The van der Waals surface area contributed by atoms with Crippen LogP contribution in [0.15, 0.2) is 24.3 Å². The van der Waals surface area contributed by atoms with Gasteiger partial charge in [0.05, 0.1) is 0 Å². The largest absolute Gasteiger partial charge is 4.00 e. The predicted molar refractivity (Wildman–Crippen MR) is 113 cm³/mol. The number of hydrogen-bond acceptors (Lipinski definition) is 1. The number of halogens is 2. The molecule has 0 amide bonds. The van der Waals surface area contributed by atoms with E-state index < -0.39 is 16.6 Å². The molecule has 2 aromatic rings. The average molecular weight is 531 g/mol. The van der Waals surface area contributed by atoms with Gasteiger partial charge in [-0.2, -0.15) is 34.4 Å². The Morgan fingerprint density at radius 2 is 1.04 bits per heavy atom. The molecular weight excluding hydrogens is 499 g/mol. The molecule has 0 aromatic heterocycles. The standard InChI is InChI=1S/C22H32OSi2.2ClH.Zr/c1-24(2,21-15-13-17-9-5-7-11-19(17)21)23-25(3,4)22-16-14-18-10-6-8-12-20(18)22;;;/h13-16H,5-12H2,1-4H3;2*1H;/q-2;;;+4/p-2. The summed E-state index contributed by atoms with van der Waals surface area (Å²) < 4.78 is 7.12. The molecule has 0 saturated heterocycles. The van der Waals surface area contributed by atoms with E-state index in [0.717, 1.165) is 0 Å². The summed E-state index contributed by atoms with van der Waals surface area (Å²) in [5.41, 5.74) is 6.51. The van der Waals surface area contributed by atoms with Gasteiger partial charge in [0.15, 0.2) is 0 Å². The van der Waals surface area contributed by atoms with E-state index in [1.165, 1.54) is 51.4 Å². The van der Waals surface area contributed by atoms with Crippen molar-refractivity contribution in [2.75, 3.05) is 0 Å². The minimum Gasteiger partial charge on any atom is -1.00 e. The first kappa shape index (κ1) is 26.6. The summed E-state index contributed by atoms with van der Waals surface area (Å²) in [6, 6.07) is 9.60. The third-order valence-corrected chi connectivity index (χ3v) is 14.0. The first-order chi connectivity index (χ1) is 11.9. The summed E-state index contributed by atoms with van der Waals surface area (Å²) >= 11 is 0. The van der Waals surface area contributed by atoms with E-state index in [9.17, 15) is 0 Å². The van der Waals surface area contributed by atoms with E-state index in [1.807, 2.05) is 0 Å². The van der Waals surface area contributed by atoms with Crippen LogP contribution >= 0.6 is 0 Å². The molecule has 2 aliphatic rings. The van der Waals surface area contributed by atoms with Gasteiger partial charge in [-0.05, 0) is 0 Å². The second kappa shape index (κ2) is 10.2. The van der Waals surface area contributed by atoms with Crippen LogP contribution in [0.3, 0.4) is 0 Å². The smallest absolute Gasteiger partial charge is 1.00 e. The quantitative estimate of drug-likeness (QED) is 0.343. The molecule has 0 N–H and O–H groups in total. The Labute approximate surface area is 205 Å². The van der Waals surface area contributed by atoms with Gasteiger partial charge in [0.25, 0.3) is 0 Å². The molecule has 0 bridgehead atoms. The number of fused-ring (bicyclic) bond motifs is 2. The van der Waals surface area contributed by atoms with Crippen molar-refractivity contribution in [3.05, 3.63) is 46.5 Å². The third kappa shape index (κ3) is 5.06. The monoisotopic (exact) mass is 528 g/mol. The molecule has 0 radical (unpaired) electrons. The van der Waals surface area contributed by atoms with Gasteiger partial charge in [0.1, 0.15) is 16.6 Å². The fourth-order valence-electron chi connectivity index (χ4n) is 5.29. The molecule has 2 aromatic carbocycles. The molecule has 1 nitrogen and oxygen atoms in total. The first-order valence-electron chi connectivity index (χ1n) is 10.1. The summed E-state index contributed by atoms with van der Waals surface area (Å²) in [7, 11) is -3.76. The molecule has 0 aliphatic heterocycles. The van der Waals surface area contributed by atoms with E-state index in [-0.39, 0.29) is 51.0 Å². The fraction of sp³-hybridized carbons (Fsp3) is 0.545. The van der Waals surface area contributed by atoms with Crippen molar-refractivity contribution in [1.29, 1.82) is 0 Å². The molecule has 6 heteroatoms. The Morgan fingerprint density at radius 1 is 0.679 bits per heavy atom. The normalized spacial score (nSPS) is 16.1. The zero-order valence-corrected chi connectivity index (χ0v) is 23.6. The van der Waals surface area contributed by atoms with Crippen LogP contribution in [-0.4, -0.2) is 16.6 Å². The van der Waals surface area contributed by atoms with Gasteiger partial charge >= 0.3 is 26.2 Å². The average Bonchev–Trinajstić information content (AvgIpc) is 3.18. The van der Waals surface area contributed by atoms with Crippen LogP contribution in [-0.2, 0) is 56.0 Å². The maximum Gasteiger partial charge on any atom is 4.00 e. The zero-order valence-electron chi connectivity index (χ0n) is 17.6. The molecule has 0 saturated carbocycles. The van der Waals surface area contributed by atoms with E-state index in [2.05, 4.69) is 50.5 Å². The van der Waals surface area contributed by atoms with Gasteiger partial charge < -0.3 is 28.9 Å². The molecule has 0 fully saturated rings. The van der Waals surface area contributed by atoms with Crippen LogP contribution < -0.4 is 35.2 Å². The molecule has 2 aliphatic carbocycles. The number of hydrogen-bond donors (Lipinski definition) is 0. The Bertz CT molecular complexity index is 715. The summed E-state index contributed by atoms with van der Waals surface area (Å²) in [4.78, 5) is 0. The maximum absolute atomic E-state index is 7.12. The second-order valence-electron chi connectivity index (χ2n) is 9.04. The van der Waals surface area contributed by atoms with Crippen LogP contribution in [0.4, 0.5) is 0 Å². The van der Waals surface area contributed by atoms with Crippen LogP contribution in [0.5, 0.6) is 0 Å². The summed E-state index contributed by atoms with van der Waals surface area (Å²) in [5.74, 6) is 0. The molecule has 152 valence electrons. The molecule has 28 heavy (non-hydrogen) atoms. The van der Waals surface area contributed by atoms with Crippen molar-refractivity contribution >= 4 is 27.0 Å². The number of rotatable bonds is 4. The Balaban J connectivity index is 0.00000131. The summed E-state index contributed by atoms with van der Waals surface area (Å²) in [6.07, 6.45) is 10.5. The first-order valence-corrected chi connectivity index (χ1v) is 16.0. The maximum atomic E-state index is 7.12. The predicted octanol–water partition coefficient (Wildman–Crippen LogP) is -1.57. The van der Waals surface area contributed by atoms with Crippen molar-refractivity contribution in [1.82, 2.24) is 0 Å². The van der Waals surface area contributed by atoms with Gasteiger partial charge in [0, 0.05) is 0 Å². The van der Waals surface area contributed by atoms with E-state index >= 15 is 0 Å².